The number of carbonyl (C=O) groups is 1. The third-order valence-electron chi connectivity index (χ3n) is 6.29. The average Bonchev–Trinajstić information content (AvgIpc) is 3.20. The number of aromatic nitrogens is 2. The highest BCUT2D eigenvalue weighted by Crippen LogP contribution is 2.48. The second kappa shape index (κ2) is 7.86. The third-order valence-corrected chi connectivity index (χ3v) is 7.12. The van der Waals surface area contributed by atoms with Gasteiger partial charge in [-0.05, 0) is 49.0 Å². The van der Waals surface area contributed by atoms with Gasteiger partial charge in [-0.3, -0.25) is 14.9 Å². The van der Waals surface area contributed by atoms with Crippen LogP contribution in [-0.2, 0) is 0 Å². The maximum absolute atomic E-state index is 12.8. The minimum Gasteiger partial charge on any atom is -0.363 e. The first-order valence-corrected chi connectivity index (χ1v) is 11.2. The molecule has 1 saturated heterocycles. The normalized spacial score (nSPS) is 19.4. The molecule has 164 valence electrons. The first kappa shape index (κ1) is 20.4. The fraction of sp³-hybridized carbons (Fsp3) is 0.318. The molecule has 0 aliphatic carbocycles. The number of benzene rings is 2. The Balaban J connectivity index is 1.51. The van der Waals surface area contributed by atoms with Crippen LogP contribution in [0.1, 0.15) is 39.8 Å². The standard InChI is InChI=1S/C22H22N6O3S/c1-13-21(32-25-24-13)22(29)23-14-9-10-27-18-8-7-15(28(30)31)12-20(18)26(2)17-6-4-3-5-16(17)19(27)11-14/h3-8,12,14,19H,9-11H2,1-2H3,(H,23,29)/t14-,19-/m1/s1. The van der Waals surface area contributed by atoms with E-state index in [0.29, 0.717) is 10.6 Å². The van der Waals surface area contributed by atoms with Gasteiger partial charge in [0.25, 0.3) is 11.6 Å². The van der Waals surface area contributed by atoms with Crippen LogP contribution in [0.25, 0.3) is 0 Å². The zero-order chi connectivity index (χ0) is 22.4. The van der Waals surface area contributed by atoms with Crippen LogP contribution in [-0.4, -0.2) is 40.1 Å². The molecule has 0 saturated carbocycles. The van der Waals surface area contributed by atoms with Gasteiger partial charge in [-0.1, -0.05) is 22.7 Å². The summed E-state index contributed by atoms with van der Waals surface area (Å²) in [7, 11) is 1.94. The lowest BCUT2D eigenvalue weighted by Crippen LogP contribution is -2.46. The zero-order valence-corrected chi connectivity index (χ0v) is 18.5. The quantitative estimate of drug-likeness (QED) is 0.475. The molecule has 1 N–H and O–H groups in total. The molecule has 0 bridgehead atoms. The molecule has 32 heavy (non-hydrogen) atoms. The molecule has 5 rings (SSSR count). The number of nitrogens with one attached hydrogen (secondary N) is 1. The fourth-order valence-corrected chi connectivity index (χ4v) is 5.27. The minimum absolute atomic E-state index is 0.00297. The summed E-state index contributed by atoms with van der Waals surface area (Å²) >= 11 is 1.11. The summed E-state index contributed by atoms with van der Waals surface area (Å²) in [6, 6.07) is 13.2. The maximum atomic E-state index is 12.8. The SMILES string of the molecule is Cc1nnsc1C(=O)N[C@@H]1CCN2c3ccc([N+](=O)[O-])cc3N(C)c3ccccc3[C@H]2C1. The van der Waals surface area contributed by atoms with Crippen molar-refractivity contribution in [3.63, 3.8) is 0 Å². The van der Waals surface area contributed by atoms with Crippen molar-refractivity contribution < 1.29 is 9.72 Å². The van der Waals surface area contributed by atoms with Gasteiger partial charge in [0.05, 0.1) is 28.0 Å². The predicted molar refractivity (Wildman–Crippen MR) is 123 cm³/mol. The Kier molecular flexibility index (Phi) is 5.01. The van der Waals surface area contributed by atoms with Crippen LogP contribution in [0.2, 0.25) is 0 Å². The second-order valence-electron chi connectivity index (χ2n) is 8.14. The molecule has 1 aromatic heterocycles. The molecule has 2 atom stereocenters. The second-order valence-corrected chi connectivity index (χ2v) is 8.89. The summed E-state index contributed by atoms with van der Waals surface area (Å²) in [5.41, 5.74) is 4.64. The molecular weight excluding hydrogens is 428 g/mol. The van der Waals surface area contributed by atoms with Crippen LogP contribution in [0.5, 0.6) is 0 Å². The van der Waals surface area contributed by atoms with E-state index in [2.05, 4.69) is 25.9 Å². The molecule has 0 radical (unpaired) electrons. The number of piperidine rings is 1. The number of nitro groups is 1. The number of nitro benzene ring substituents is 1. The molecule has 1 amide bonds. The lowest BCUT2D eigenvalue weighted by Gasteiger charge is -2.41. The van der Waals surface area contributed by atoms with Crippen molar-refractivity contribution in [1.29, 1.82) is 0 Å². The van der Waals surface area contributed by atoms with Crippen molar-refractivity contribution in [2.75, 3.05) is 23.4 Å². The van der Waals surface area contributed by atoms with Crippen LogP contribution in [0, 0.1) is 17.0 Å². The number of carbonyl (C=O) groups excluding carboxylic acids is 1. The van der Waals surface area contributed by atoms with Crippen LogP contribution < -0.4 is 15.1 Å². The van der Waals surface area contributed by atoms with E-state index in [-0.39, 0.29) is 28.6 Å². The Morgan fingerprint density at radius 1 is 1.22 bits per heavy atom. The first-order valence-electron chi connectivity index (χ1n) is 10.4. The number of rotatable bonds is 3. The first-order chi connectivity index (χ1) is 15.4. The monoisotopic (exact) mass is 450 g/mol. The molecule has 1 fully saturated rings. The van der Waals surface area contributed by atoms with E-state index < -0.39 is 0 Å². The predicted octanol–water partition coefficient (Wildman–Crippen LogP) is 3.98. The summed E-state index contributed by atoms with van der Waals surface area (Å²) in [6.45, 7) is 2.51. The highest BCUT2D eigenvalue weighted by atomic mass is 32.1. The molecule has 0 spiro atoms. The zero-order valence-electron chi connectivity index (χ0n) is 17.7. The van der Waals surface area contributed by atoms with Gasteiger partial charge in [-0.25, -0.2) is 0 Å². The van der Waals surface area contributed by atoms with E-state index in [1.807, 2.05) is 36.2 Å². The molecule has 2 aromatic carbocycles. The maximum Gasteiger partial charge on any atom is 0.271 e. The third kappa shape index (κ3) is 3.36. The Labute approximate surface area is 189 Å². The number of para-hydroxylation sites is 1. The smallest absolute Gasteiger partial charge is 0.271 e. The number of aryl methyl sites for hydroxylation is 1. The van der Waals surface area contributed by atoms with E-state index in [0.717, 1.165) is 53.5 Å². The van der Waals surface area contributed by atoms with E-state index in [1.165, 1.54) is 0 Å². The summed E-state index contributed by atoms with van der Waals surface area (Å²) < 4.78 is 3.87. The highest BCUT2D eigenvalue weighted by Gasteiger charge is 2.37. The van der Waals surface area contributed by atoms with Crippen molar-refractivity contribution in [3.05, 3.63) is 68.7 Å². The van der Waals surface area contributed by atoms with Crippen LogP contribution >= 0.6 is 11.5 Å². The van der Waals surface area contributed by atoms with E-state index in [4.69, 9.17) is 0 Å². The van der Waals surface area contributed by atoms with Crippen molar-refractivity contribution in [2.24, 2.45) is 0 Å². The summed E-state index contributed by atoms with van der Waals surface area (Å²) in [6.07, 6.45) is 1.51. The van der Waals surface area contributed by atoms with Gasteiger partial charge in [-0.2, -0.15) is 0 Å². The van der Waals surface area contributed by atoms with Gasteiger partial charge in [0.1, 0.15) is 4.88 Å². The Hall–Kier alpha value is -3.53. The Bertz CT molecular complexity index is 1210. The van der Waals surface area contributed by atoms with Crippen molar-refractivity contribution in [2.45, 2.75) is 31.8 Å². The van der Waals surface area contributed by atoms with Gasteiger partial charge in [0.2, 0.25) is 0 Å². The molecule has 3 aromatic rings. The molecule has 2 aliphatic heterocycles. The molecule has 0 unspecified atom stereocenters. The lowest BCUT2D eigenvalue weighted by molar-refractivity contribution is -0.384. The summed E-state index contributed by atoms with van der Waals surface area (Å²) in [5, 5.41) is 18.5. The number of non-ortho nitro benzene ring substituents is 1. The number of fused-ring (bicyclic) bond motifs is 5. The summed E-state index contributed by atoms with van der Waals surface area (Å²) in [5.74, 6) is -0.133. The largest absolute Gasteiger partial charge is 0.363 e. The molecule has 3 heterocycles. The number of anilines is 3. The van der Waals surface area contributed by atoms with E-state index >= 15 is 0 Å². The molecular formula is C22H22N6O3S. The van der Waals surface area contributed by atoms with Crippen molar-refractivity contribution in [3.8, 4) is 0 Å². The van der Waals surface area contributed by atoms with E-state index in [1.54, 1.807) is 19.1 Å². The number of hydrogen-bond acceptors (Lipinski definition) is 8. The highest BCUT2D eigenvalue weighted by molar-refractivity contribution is 7.08. The van der Waals surface area contributed by atoms with Crippen LogP contribution in [0.4, 0.5) is 22.7 Å². The fourth-order valence-electron chi connectivity index (χ4n) is 4.71. The lowest BCUT2D eigenvalue weighted by atomic mass is 9.90. The van der Waals surface area contributed by atoms with Crippen molar-refractivity contribution in [1.82, 2.24) is 14.9 Å². The molecule has 2 aliphatic rings. The van der Waals surface area contributed by atoms with Gasteiger partial charge >= 0.3 is 0 Å². The van der Waals surface area contributed by atoms with Gasteiger partial charge in [-0.15, -0.1) is 5.10 Å². The van der Waals surface area contributed by atoms with Crippen LogP contribution in [0.15, 0.2) is 42.5 Å². The van der Waals surface area contributed by atoms with Crippen LogP contribution in [0.3, 0.4) is 0 Å². The average molecular weight is 451 g/mol. The Morgan fingerprint density at radius 2 is 2.03 bits per heavy atom. The van der Waals surface area contributed by atoms with Crippen molar-refractivity contribution >= 4 is 40.2 Å². The number of hydrogen-bond donors (Lipinski definition) is 1. The number of nitrogens with zero attached hydrogens (tertiary/aromatic N) is 5. The van der Waals surface area contributed by atoms with Gasteiger partial charge in [0.15, 0.2) is 0 Å². The van der Waals surface area contributed by atoms with E-state index in [9.17, 15) is 14.9 Å². The molecule has 9 nitrogen and oxygen atoms in total. The minimum atomic E-state index is -0.361. The number of amides is 1. The summed E-state index contributed by atoms with van der Waals surface area (Å²) in [4.78, 5) is 28.7. The van der Waals surface area contributed by atoms with Gasteiger partial charge < -0.3 is 15.1 Å². The van der Waals surface area contributed by atoms with Gasteiger partial charge in [0, 0.05) is 37.5 Å². The molecule has 10 heteroatoms. The topological polar surface area (TPSA) is 104 Å². The Morgan fingerprint density at radius 3 is 2.78 bits per heavy atom.